The lowest BCUT2D eigenvalue weighted by atomic mass is 10.0. The van der Waals surface area contributed by atoms with E-state index in [0.717, 1.165) is 30.5 Å². The maximum atomic E-state index is 12.4. The molecule has 0 fully saturated rings. The summed E-state index contributed by atoms with van der Waals surface area (Å²) in [7, 11) is 0. The zero-order valence-electron chi connectivity index (χ0n) is 12.5. The zero-order chi connectivity index (χ0) is 15.4. The summed E-state index contributed by atoms with van der Waals surface area (Å²) in [6, 6.07) is 5.35. The van der Waals surface area contributed by atoms with Crippen molar-refractivity contribution in [1.82, 2.24) is 5.32 Å². The normalized spacial score (nSPS) is 16.5. The number of rotatable bonds is 5. The number of nitrogens with zero attached hydrogens (tertiary/aromatic N) is 1. The third kappa shape index (κ3) is 3.08. The number of nitrogens with one attached hydrogen (secondary N) is 1. The van der Waals surface area contributed by atoms with Gasteiger partial charge in [-0.25, -0.2) is 0 Å². The number of hydrogen-bond acceptors (Lipinski definition) is 2. The van der Waals surface area contributed by atoms with Gasteiger partial charge in [0.25, 0.3) is 5.91 Å². The molecule has 21 heavy (non-hydrogen) atoms. The van der Waals surface area contributed by atoms with Gasteiger partial charge in [-0.3, -0.25) is 14.5 Å². The molecule has 1 atom stereocenters. The summed E-state index contributed by atoms with van der Waals surface area (Å²) in [6.07, 6.45) is 8.53. The molecule has 0 spiro atoms. The van der Waals surface area contributed by atoms with E-state index in [1.54, 1.807) is 4.90 Å². The first-order chi connectivity index (χ1) is 10.1. The van der Waals surface area contributed by atoms with Crippen LogP contribution >= 0.6 is 0 Å². The number of unbranched alkanes of at least 4 members (excludes halogenated alkanes) is 1. The molecule has 1 aliphatic heterocycles. The van der Waals surface area contributed by atoms with Crippen LogP contribution in [0.15, 0.2) is 18.2 Å². The number of carbonyl (C=O) groups is 2. The van der Waals surface area contributed by atoms with Crippen molar-refractivity contribution >= 4 is 17.5 Å². The Bertz CT molecular complexity index is 601. The Morgan fingerprint density at radius 1 is 1.48 bits per heavy atom. The van der Waals surface area contributed by atoms with Crippen LogP contribution in [0.25, 0.3) is 0 Å². The molecule has 1 aromatic rings. The minimum Gasteiger partial charge on any atom is -0.341 e. The third-order valence-electron chi connectivity index (χ3n) is 3.62. The lowest BCUT2D eigenvalue weighted by Gasteiger charge is -2.14. The van der Waals surface area contributed by atoms with E-state index in [1.807, 2.05) is 18.2 Å². The largest absolute Gasteiger partial charge is 0.341 e. The van der Waals surface area contributed by atoms with Gasteiger partial charge in [0.2, 0.25) is 5.91 Å². The van der Waals surface area contributed by atoms with Crippen molar-refractivity contribution in [1.29, 1.82) is 0 Å². The summed E-state index contributed by atoms with van der Waals surface area (Å²) in [5.41, 5.74) is 2.83. The van der Waals surface area contributed by atoms with Crippen molar-refractivity contribution in [3.63, 3.8) is 0 Å². The molecule has 0 radical (unpaired) electrons. The smallest absolute Gasteiger partial charge is 0.255 e. The van der Waals surface area contributed by atoms with Crippen molar-refractivity contribution in [2.24, 2.45) is 0 Å². The summed E-state index contributed by atoms with van der Waals surface area (Å²) in [5.74, 6) is 2.11. The maximum Gasteiger partial charge on any atom is 0.255 e. The molecule has 4 heteroatoms. The van der Waals surface area contributed by atoms with Gasteiger partial charge in [0, 0.05) is 12.5 Å². The predicted molar refractivity (Wildman–Crippen MR) is 82.8 cm³/mol. The molecule has 2 amide bonds. The van der Waals surface area contributed by atoms with Gasteiger partial charge in [0.1, 0.15) is 6.04 Å². The molecular formula is C17H20N2O2. The molecule has 1 aliphatic rings. The minimum atomic E-state index is -0.618. The van der Waals surface area contributed by atoms with Crippen molar-refractivity contribution in [2.45, 2.75) is 39.2 Å². The number of anilines is 1. The molecule has 0 saturated carbocycles. The van der Waals surface area contributed by atoms with Gasteiger partial charge in [0.05, 0.1) is 12.2 Å². The second-order valence-electron chi connectivity index (χ2n) is 5.26. The molecule has 1 heterocycles. The van der Waals surface area contributed by atoms with Gasteiger partial charge >= 0.3 is 0 Å². The van der Waals surface area contributed by atoms with E-state index >= 15 is 0 Å². The molecule has 0 bridgehead atoms. The monoisotopic (exact) mass is 284 g/mol. The van der Waals surface area contributed by atoms with Gasteiger partial charge in [-0.1, -0.05) is 31.4 Å². The second kappa shape index (κ2) is 6.45. The summed E-state index contributed by atoms with van der Waals surface area (Å²) < 4.78 is 0. The molecular weight excluding hydrogens is 264 g/mol. The first-order valence-corrected chi connectivity index (χ1v) is 7.23. The van der Waals surface area contributed by atoms with Crippen LogP contribution < -0.4 is 10.2 Å². The van der Waals surface area contributed by atoms with Crippen LogP contribution in [0.2, 0.25) is 0 Å². The highest BCUT2D eigenvalue weighted by Gasteiger charge is 2.37. The van der Waals surface area contributed by atoms with Gasteiger partial charge in [-0.15, -0.1) is 6.42 Å². The minimum absolute atomic E-state index is 0.161. The Hall–Kier alpha value is -2.28. The quantitative estimate of drug-likeness (QED) is 0.843. The average Bonchev–Trinajstić information content (AvgIpc) is 2.70. The molecule has 4 nitrogen and oxygen atoms in total. The SMILES string of the molecule is C#CCN1C(=O)[C@H](NC(C)=O)c2cc(CCCC)ccc21. The standard InChI is InChI=1S/C17H20N2O2/c1-4-6-7-13-8-9-15-14(11-13)16(18-12(3)20)17(21)19(15)10-5-2/h2,8-9,11,16H,4,6-7,10H2,1,3H3,(H,18,20)/t16-/m1/s1. The first-order valence-electron chi connectivity index (χ1n) is 7.23. The van der Waals surface area contributed by atoms with E-state index in [9.17, 15) is 9.59 Å². The molecule has 0 unspecified atom stereocenters. The molecule has 110 valence electrons. The van der Waals surface area contributed by atoms with Crippen LogP contribution in [-0.2, 0) is 16.0 Å². The fourth-order valence-corrected chi connectivity index (χ4v) is 2.62. The highest BCUT2D eigenvalue weighted by molar-refractivity contribution is 6.06. The predicted octanol–water partition coefficient (Wildman–Crippen LogP) is 2.19. The van der Waals surface area contributed by atoms with Gasteiger partial charge in [0.15, 0.2) is 0 Å². The number of fused-ring (bicyclic) bond motifs is 1. The Balaban J connectivity index is 2.37. The first kappa shape index (κ1) is 15.1. The Labute approximate surface area is 125 Å². The van der Waals surface area contributed by atoms with E-state index in [1.165, 1.54) is 12.5 Å². The average molecular weight is 284 g/mol. The van der Waals surface area contributed by atoms with Crippen molar-refractivity contribution < 1.29 is 9.59 Å². The topological polar surface area (TPSA) is 49.4 Å². The molecule has 0 aromatic heterocycles. The van der Waals surface area contributed by atoms with E-state index in [4.69, 9.17) is 6.42 Å². The Kier molecular flexibility index (Phi) is 4.64. The summed E-state index contributed by atoms with van der Waals surface area (Å²) in [5, 5.41) is 2.72. The summed E-state index contributed by atoms with van der Waals surface area (Å²) >= 11 is 0. The van der Waals surface area contributed by atoms with Crippen LogP contribution in [0.3, 0.4) is 0 Å². The van der Waals surface area contributed by atoms with Crippen LogP contribution in [0.1, 0.15) is 43.9 Å². The lowest BCUT2D eigenvalue weighted by Crippen LogP contribution is -2.36. The number of amides is 2. The van der Waals surface area contributed by atoms with Gasteiger partial charge < -0.3 is 5.32 Å². The van der Waals surface area contributed by atoms with Crippen molar-refractivity contribution in [2.75, 3.05) is 11.4 Å². The Morgan fingerprint density at radius 3 is 2.86 bits per heavy atom. The van der Waals surface area contributed by atoms with Gasteiger partial charge in [-0.2, -0.15) is 0 Å². The van der Waals surface area contributed by atoms with E-state index in [2.05, 4.69) is 18.2 Å². The molecule has 1 aromatic carbocycles. The maximum absolute atomic E-state index is 12.4. The number of hydrogen-bond donors (Lipinski definition) is 1. The fourth-order valence-electron chi connectivity index (χ4n) is 2.62. The molecule has 2 rings (SSSR count). The summed E-state index contributed by atoms with van der Waals surface area (Å²) in [4.78, 5) is 25.3. The number of aryl methyl sites for hydroxylation is 1. The van der Waals surface area contributed by atoms with Crippen LogP contribution in [0, 0.1) is 12.3 Å². The summed E-state index contributed by atoms with van der Waals surface area (Å²) in [6.45, 7) is 3.78. The number of benzene rings is 1. The van der Waals surface area contributed by atoms with Crippen LogP contribution in [0.4, 0.5) is 5.69 Å². The second-order valence-corrected chi connectivity index (χ2v) is 5.26. The molecule has 0 aliphatic carbocycles. The van der Waals surface area contributed by atoms with Crippen LogP contribution in [0.5, 0.6) is 0 Å². The number of carbonyl (C=O) groups excluding carboxylic acids is 2. The van der Waals surface area contributed by atoms with Gasteiger partial charge in [-0.05, 0) is 24.5 Å². The highest BCUT2D eigenvalue weighted by atomic mass is 16.2. The third-order valence-corrected chi connectivity index (χ3v) is 3.62. The fraction of sp³-hybridized carbons (Fsp3) is 0.412. The van der Waals surface area contributed by atoms with Crippen molar-refractivity contribution in [3.05, 3.63) is 29.3 Å². The lowest BCUT2D eigenvalue weighted by molar-refractivity contribution is -0.126. The van der Waals surface area contributed by atoms with E-state index in [-0.39, 0.29) is 18.4 Å². The number of terminal acetylenes is 1. The van der Waals surface area contributed by atoms with E-state index < -0.39 is 6.04 Å². The highest BCUT2D eigenvalue weighted by Crippen LogP contribution is 2.36. The zero-order valence-corrected chi connectivity index (χ0v) is 12.5. The van der Waals surface area contributed by atoms with Crippen LogP contribution in [-0.4, -0.2) is 18.4 Å². The molecule has 1 N–H and O–H groups in total. The van der Waals surface area contributed by atoms with E-state index in [0.29, 0.717) is 0 Å². The Morgan fingerprint density at radius 2 is 2.24 bits per heavy atom. The molecule has 0 saturated heterocycles. The van der Waals surface area contributed by atoms with Crippen molar-refractivity contribution in [3.8, 4) is 12.3 Å².